The molecule has 1 N–H and O–H groups in total. The van der Waals surface area contributed by atoms with Crippen LogP contribution in [0.4, 0.5) is 11.5 Å². The first-order chi connectivity index (χ1) is 11.2. The van der Waals surface area contributed by atoms with E-state index < -0.39 is 4.92 Å². The van der Waals surface area contributed by atoms with Gasteiger partial charge >= 0.3 is 5.69 Å². The largest absolute Gasteiger partial charge is 0.351 e. The van der Waals surface area contributed by atoms with E-state index in [1.54, 1.807) is 0 Å². The molecule has 0 aromatic carbocycles. The molecular weight excluding hydrogens is 296 g/mol. The highest BCUT2D eigenvalue weighted by atomic mass is 16.6. The Morgan fingerprint density at radius 3 is 2.70 bits per heavy atom. The Balaban J connectivity index is 1.45. The van der Waals surface area contributed by atoms with Crippen LogP contribution in [0.2, 0.25) is 0 Å². The van der Waals surface area contributed by atoms with Crippen molar-refractivity contribution in [3.05, 3.63) is 40.1 Å². The Labute approximate surface area is 133 Å². The van der Waals surface area contributed by atoms with Gasteiger partial charge in [0.05, 0.1) is 10.6 Å². The zero-order valence-electron chi connectivity index (χ0n) is 12.7. The van der Waals surface area contributed by atoms with Crippen LogP contribution in [-0.4, -0.2) is 38.2 Å². The molecule has 3 heterocycles. The maximum atomic E-state index is 11.1. The Bertz CT molecular complexity index is 718. The first kappa shape index (κ1) is 14.1. The summed E-state index contributed by atoms with van der Waals surface area (Å²) in [6.45, 7) is 1.50. The molecule has 8 nitrogen and oxygen atoms in total. The number of hydrogen-bond donors (Lipinski definition) is 1. The molecule has 0 spiro atoms. The van der Waals surface area contributed by atoms with Crippen LogP contribution in [0.5, 0.6) is 0 Å². The van der Waals surface area contributed by atoms with Gasteiger partial charge in [0.2, 0.25) is 5.82 Å². The molecule has 120 valence electrons. The summed E-state index contributed by atoms with van der Waals surface area (Å²) in [6.07, 6.45) is 7.01. The van der Waals surface area contributed by atoms with Gasteiger partial charge in [0.25, 0.3) is 0 Å². The molecule has 1 saturated carbocycles. The van der Waals surface area contributed by atoms with Crippen LogP contribution in [0.1, 0.15) is 48.9 Å². The van der Waals surface area contributed by atoms with Gasteiger partial charge in [-0.05, 0) is 31.7 Å². The number of nitrogens with zero attached hydrogens (tertiary/aromatic N) is 5. The van der Waals surface area contributed by atoms with Crippen molar-refractivity contribution in [1.29, 1.82) is 0 Å². The lowest BCUT2D eigenvalue weighted by Crippen LogP contribution is -2.34. The van der Waals surface area contributed by atoms with Gasteiger partial charge in [0.15, 0.2) is 0 Å². The van der Waals surface area contributed by atoms with Gasteiger partial charge in [0.1, 0.15) is 12.5 Å². The first-order valence-corrected chi connectivity index (χ1v) is 7.97. The number of anilines is 1. The summed E-state index contributed by atoms with van der Waals surface area (Å²) in [5.41, 5.74) is 2.36. The van der Waals surface area contributed by atoms with Crippen molar-refractivity contribution >= 4 is 11.5 Å². The quantitative estimate of drug-likeness (QED) is 0.686. The summed E-state index contributed by atoms with van der Waals surface area (Å²) in [6, 6.07) is 2.20. The lowest BCUT2D eigenvalue weighted by atomic mass is 9.93. The van der Waals surface area contributed by atoms with Crippen molar-refractivity contribution in [2.45, 2.75) is 37.5 Å². The second-order valence-electron chi connectivity index (χ2n) is 6.27. The minimum atomic E-state index is -0.418. The van der Waals surface area contributed by atoms with Gasteiger partial charge in [-0.1, -0.05) is 0 Å². The van der Waals surface area contributed by atoms with Crippen molar-refractivity contribution in [2.24, 2.45) is 0 Å². The molecule has 2 fully saturated rings. The fourth-order valence-corrected chi connectivity index (χ4v) is 3.24. The molecule has 4 rings (SSSR count). The normalized spacial score (nSPS) is 19.0. The molecule has 1 saturated heterocycles. The molecule has 0 radical (unpaired) electrons. The highest BCUT2D eigenvalue weighted by Gasteiger charge is 2.30. The minimum Gasteiger partial charge on any atom is -0.351 e. The van der Waals surface area contributed by atoms with Crippen molar-refractivity contribution in [3.8, 4) is 0 Å². The van der Waals surface area contributed by atoms with Crippen LogP contribution in [0.3, 0.4) is 0 Å². The van der Waals surface area contributed by atoms with Crippen molar-refractivity contribution < 1.29 is 4.92 Å². The summed E-state index contributed by atoms with van der Waals surface area (Å²) in [7, 11) is 0. The summed E-state index contributed by atoms with van der Waals surface area (Å²) in [4.78, 5) is 20.5. The molecule has 0 atom stereocenters. The first-order valence-electron chi connectivity index (χ1n) is 7.97. The number of nitrogens with one attached hydrogen (secondary N) is 1. The highest BCUT2D eigenvalue weighted by Crippen LogP contribution is 2.40. The molecule has 2 aromatic heterocycles. The van der Waals surface area contributed by atoms with E-state index in [4.69, 9.17) is 0 Å². The summed E-state index contributed by atoms with van der Waals surface area (Å²) < 4.78 is 0. The van der Waals surface area contributed by atoms with Crippen LogP contribution in [0, 0.1) is 10.1 Å². The van der Waals surface area contributed by atoms with Crippen molar-refractivity contribution in [2.75, 3.05) is 18.0 Å². The molecule has 1 aliphatic carbocycles. The predicted molar refractivity (Wildman–Crippen MR) is 83.4 cm³/mol. The minimum absolute atomic E-state index is 0.0245. The van der Waals surface area contributed by atoms with Crippen molar-refractivity contribution in [1.82, 2.24) is 20.2 Å². The summed E-state index contributed by atoms with van der Waals surface area (Å²) in [5.74, 6) is 1.52. The lowest BCUT2D eigenvalue weighted by molar-refractivity contribution is -0.384. The summed E-state index contributed by atoms with van der Waals surface area (Å²) >= 11 is 0. The van der Waals surface area contributed by atoms with Gasteiger partial charge in [0, 0.05) is 30.6 Å². The van der Waals surface area contributed by atoms with E-state index in [1.807, 2.05) is 4.90 Å². The molecule has 0 unspecified atom stereocenters. The van der Waals surface area contributed by atoms with Crippen LogP contribution in [0.15, 0.2) is 18.6 Å². The number of aromatic amines is 1. The zero-order valence-corrected chi connectivity index (χ0v) is 12.7. The number of rotatable bonds is 4. The van der Waals surface area contributed by atoms with E-state index in [2.05, 4.69) is 26.2 Å². The average molecular weight is 314 g/mol. The smallest absolute Gasteiger partial charge is 0.329 e. The molecule has 0 amide bonds. The van der Waals surface area contributed by atoms with E-state index in [1.165, 1.54) is 36.8 Å². The van der Waals surface area contributed by atoms with Gasteiger partial charge in [-0.3, -0.25) is 15.2 Å². The van der Waals surface area contributed by atoms with Crippen LogP contribution in [0.25, 0.3) is 0 Å². The molecule has 2 aliphatic rings. The van der Waals surface area contributed by atoms with E-state index in [0.29, 0.717) is 17.7 Å². The Morgan fingerprint density at radius 1 is 1.22 bits per heavy atom. The Hall–Kier alpha value is -2.51. The maximum absolute atomic E-state index is 11.1. The van der Waals surface area contributed by atoms with Crippen molar-refractivity contribution in [3.63, 3.8) is 0 Å². The molecule has 23 heavy (non-hydrogen) atoms. The second kappa shape index (κ2) is 5.60. The summed E-state index contributed by atoms with van der Waals surface area (Å²) in [5, 5.41) is 18.7. The number of H-pyrrole nitrogens is 1. The number of piperidine rings is 1. The van der Waals surface area contributed by atoms with Gasteiger partial charge < -0.3 is 4.90 Å². The fraction of sp³-hybridized carbons (Fsp3) is 0.533. The second-order valence-corrected chi connectivity index (χ2v) is 6.27. The van der Waals surface area contributed by atoms with Crippen LogP contribution < -0.4 is 4.90 Å². The lowest BCUT2D eigenvalue weighted by Gasteiger charge is -2.31. The third-order valence-electron chi connectivity index (χ3n) is 4.72. The Morgan fingerprint density at radius 2 is 2.00 bits per heavy atom. The van der Waals surface area contributed by atoms with Gasteiger partial charge in [-0.25, -0.2) is 9.97 Å². The molecule has 2 aromatic rings. The molecule has 8 heteroatoms. The van der Waals surface area contributed by atoms with E-state index in [-0.39, 0.29) is 5.69 Å². The number of nitro groups is 1. The fourth-order valence-electron chi connectivity index (χ4n) is 3.24. The predicted octanol–water partition coefficient (Wildman–Crippen LogP) is 2.37. The monoisotopic (exact) mass is 314 g/mol. The molecule has 1 aliphatic heterocycles. The third-order valence-corrected chi connectivity index (χ3v) is 4.72. The standard InChI is InChI=1S/C15H18N6O2/c22-21(23)14-8-16-9-17-15(14)20-5-3-11(4-6-20)13-7-12(18-19-13)10-1-2-10/h7-11H,1-6H2,(H,18,19). The van der Waals surface area contributed by atoms with Crippen LogP contribution >= 0.6 is 0 Å². The molecular formula is C15H18N6O2. The Kier molecular flexibility index (Phi) is 3.44. The van der Waals surface area contributed by atoms with Crippen LogP contribution in [-0.2, 0) is 0 Å². The average Bonchev–Trinajstić information content (AvgIpc) is 3.32. The maximum Gasteiger partial charge on any atom is 0.329 e. The zero-order chi connectivity index (χ0) is 15.8. The SMILES string of the molecule is O=[N+]([O-])c1cncnc1N1CCC(c2cc(C3CC3)n[nH]2)CC1. The van der Waals surface area contributed by atoms with E-state index >= 15 is 0 Å². The topological polar surface area (TPSA) is 101 Å². The number of hydrogen-bond acceptors (Lipinski definition) is 6. The van der Waals surface area contributed by atoms with E-state index in [0.717, 1.165) is 25.9 Å². The third kappa shape index (κ3) is 2.76. The number of aromatic nitrogens is 4. The van der Waals surface area contributed by atoms with E-state index in [9.17, 15) is 10.1 Å². The highest BCUT2D eigenvalue weighted by molar-refractivity contribution is 5.56. The van der Waals surface area contributed by atoms with Gasteiger partial charge in [-0.2, -0.15) is 5.10 Å². The van der Waals surface area contributed by atoms with Gasteiger partial charge in [-0.15, -0.1) is 0 Å². The molecule has 0 bridgehead atoms.